The molecule has 90 valence electrons. The average Bonchev–Trinajstić information content (AvgIpc) is 2.81. The molecule has 0 fully saturated rings. The van der Waals surface area contributed by atoms with E-state index in [4.69, 9.17) is 9.15 Å². The van der Waals surface area contributed by atoms with Gasteiger partial charge in [-0.2, -0.15) is 4.98 Å². The summed E-state index contributed by atoms with van der Waals surface area (Å²) >= 11 is 0. The Morgan fingerprint density at radius 2 is 2.00 bits per heavy atom. The number of anilines is 2. The van der Waals surface area contributed by atoms with Crippen molar-refractivity contribution >= 4 is 22.8 Å². The zero-order valence-electron chi connectivity index (χ0n) is 9.88. The topological polar surface area (TPSA) is 47.3 Å². The number of aromatic nitrogens is 1. The summed E-state index contributed by atoms with van der Waals surface area (Å²) in [6, 6.07) is 15.7. The number of nitrogens with zero attached hydrogens (tertiary/aromatic N) is 1. The van der Waals surface area contributed by atoms with Gasteiger partial charge < -0.3 is 14.5 Å². The van der Waals surface area contributed by atoms with E-state index in [1.54, 1.807) is 7.11 Å². The van der Waals surface area contributed by atoms with Gasteiger partial charge in [-0.15, -0.1) is 0 Å². The van der Waals surface area contributed by atoms with E-state index in [9.17, 15) is 0 Å². The molecule has 0 aliphatic heterocycles. The monoisotopic (exact) mass is 240 g/mol. The summed E-state index contributed by atoms with van der Waals surface area (Å²) in [6.45, 7) is 0. The molecule has 3 aromatic rings. The van der Waals surface area contributed by atoms with Gasteiger partial charge in [0.2, 0.25) is 0 Å². The van der Waals surface area contributed by atoms with E-state index >= 15 is 0 Å². The van der Waals surface area contributed by atoms with Crippen LogP contribution in [-0.4, -0.2) is 12.1 Å². The maximum Gasteiger partial charge on any atom is 0.300 e. The van der Waals surface area contributed by atoms with Crippen molar-refractivity contribution in [1.82, 2.24) is 4.98 Å². The largest absolute Gasteiger partial charge is 0.497 e. The summed E-state index contributed by atoms with van der Waals surface area (Å²) in [4.78, 5) is 4.34. The van der Waals surface area contributed by atoms with Crippen LogP contribution < -0.4 is 10.1 Å². The smallest absolute Gasteiger partial charge is 0.300 e. The summed E-state index contributed by atoms with van der Waals surface area (Å²) in [6.07, 6.45) is 0. The van der Waals surface area contributed by atoms with Crippen LogP contribution in [0, 0.1) is 0 Å². The summed E-state index contributed by atoms with van der Waals surface area (Å²) in [5.74, 6) is 0.788. The number of methoxy groups -OCH3 is 1. The van der Waals surface area contributed by atoms with Crippen molar-refractivity contribution in [3.05, 3.63) is 48.5 Å². The highest BCUT2D eigenvalue weighted by Crippen LogP contribution is 2.23. The van der Waals surface area contributed by atoms with Crippen molar-refractivity contribution in [3.63, 3.8) is 0 Å². The molecule has 0 radical (unpaired) electrons. The van der Waals surface area contributed by atoms with Crippen LogP contribution >= 0.6 is 0 Å². The highest BCUT2D eigenvalue weighted by Gasteiger charge is 2.05. The van der Waals surface area contributed by atoms with Crippen molar-refractivity contribution < 1.29 is 9.15 Å². The Bertz CT molecular complexity index is 643. The van der Waals surface area contributed by atoms with Gasteiger partial charge in [-0.05, 0) is 24.3 Å². The minimum atomic E-state index is 0.476. The lowest BCUT2D eigenvalue weighted by molar-refractivity contribution is 0.415. The summed E-state index contributed by atoms with van der Waals surface area (Å²) in [5, 5.41) is 3.11. The molecular weight excluding hydrogens is 228 g/mol. The Hall–Kier alpha value is -2.49. The zero-order chi connectivity index (χ0) is 12.4. The van der Waals surface area contributed by atoms with Crippen LogP contribution in [0.15, 0.2) is 52.9 Å². The van der Waals surface area contributed by atoms with Crippen molar-refractivity contribution in [1.29, 1.82) is 0 Å². The zero-order valence-corrected chi connectivity index (χ0v) is 9.88. The SMILES string of the molecule is COc1cccc(Nc2nc3ccccc3o2)c1. The van der Waals surface area contributed by atoms with Gasteiger partial charge in [0.15, 0.2) is 5.58 Å². The first-order valence-electron chi connectivity index (χ1n) is 5.62. The van der Waals surface area contributed by atoms with Crippen LogP contribution in [0.25, 0.3) is 11.1 Å². The number of fused-ring (bicyclic) bond motifs is 1. The number of oxazole rings is 1. The Morgan fingerprint density at radius 3 is 2.83 bits per heavy atom. The molecule has 1 N–H and O–H groups in total. The fourth-order valence-electron chi connectivity index (χ4n) is 1.75. The maximum atomic E-state index is 5.58. The molecule has 1 heterocycles. The molecule has 0 atom stereocenters. The van der Waals surface area contributed by atoms with Crippen LogP contribution in [0.4, 0.5) is 11.7 Å². The van der Waals surface area contributed by atoms with E-state index in [0.29, 0.717) is 6.01 Å². The fraction of sp³-hybridized carbons (Fsp3) is 0.0714. The van der Waals surface area contributed by atoms with Gasteiger partial charge in [-0.3, -0.25) is 0 Å². The molecule has 0 amide bonds. The lowest BCUT2D eigenvalue weighted by Gasteiger charge is -2.03. The molecular formula is C14H12N2O2. The Balaban J connectivity index is 1.91. The van der Waals surface area contributed by atoms with Gasteiger partial charge in [0, 0.05) is 11.8 Å². The van der Waals surface area contributed by atoms with Crippen molar-refractivity contribution in [3.8, 4) is 5.75 Å². The van der Waals surface area contributed by atoms with E-state index in [1.165, 1.54) is 0 Å². The lowest BCUT2D eigenvalue weighted by atomic mass is 10.3. The van der Waals surface area contributed by atoms with Crippen molar-refractivity contribution in [2.24, 2.45) is 0 Å². The Morgan fingerprint density at radius 1 is 1.11 bits per heavy atom. The minimum absolute atomic E-state index is 0.476. The third-order valence-corrected chi connectivity index (χ3v) is 2.61. The van der Waals surface area contributed by atoms with Crippen LogP contribution in [0.3, 0.4) is 0 Å². The summed E-state index contributed by atoms with van der Waals surface area (Å²) in [7, 11) is 1.64. The van der Waals surface area contributed by atoms with Gasteiger partial charge in [0.1, 0.15) is 11.3 Å². The second-order valence-electron chi connectivity index (χ2n) is 3.84. The molecule has 3 rings (SSSR count). The molecule has 0 saturated heterocycles. The van der Waals surface area contributed by atoms with Crippen LogP contribution in [0.5, 0.6) is 5.75 Å². The van der Waals surface area contributed by atoms with E-state index in [-0.39, 0.29) is 0 Å². The van der Waals surface area contributed by atoms with Crippen LogP contribution in [0.1, 0.15) is 0 Å². The van der Waals surface area contributed by atoms with E-state index in [1.807, 2.05) is 48.5 Å². The van der Waals surface area contributed by atoms with Gasteiger partial charge in [-0.25, -0.2) is 0 Å². The number of ether oxygens (including phenoxy) is 1. The van der Waals surface area contributed by atoms with E-state index < -0.39 is 0 Å². The molecule has 4 nitrogen and oxygen atoms in total. The first-order valence-corrected chi connectivity index (χ1v) is 5.62. The molecule has 0 saturated carbocycles. The van der Waals surface area contributed by atoms with Crippen molar-refractivity contribution in [2.75, 3.05) is 12.4 Å². The Kier molecular flexibility index (Phi) is 2.61. The van der Waals surface area contributed by atoms with Crippen LogP contribution in [0.2, 0.25) is 0 Å². The third kappa shape index (κ3) is 2.00. The standard InChI is InChI=1S/C14H12N2O2/c1-17-11-6-4-5-10(9-11)15-14-16-12-7-2-3-8-13(12)18-14/h2-9H,1H3,(H,15,16). The second kappa shape index (κ2) is 4.41. The number of para-hydroxylation sites is 2. The number of nitrogens with one attached hydrogen (secondary N) is 1. The molecule has 0 aliphatic carbocycles. The summed E-state index contributed by atoms with van der Waals surface area (Å²) < 4.78 is 10.7. The first kappa shape index (κ1) is 10.7. The normalized spacial score (nSPS) is 10.5. The molecule has 0 spiro atoms. The summed E-state index contributed by atoms with van der Waals surface area (Å²) in [5.41, 5.74) is 2.48. The molecule has 1 aromatic heterocycles. The van der Waals surface area contributed by atoms with Crippen molar-refractivity contribution in [2.45, 2.75) is 0 Å². The predicted octanol–water partition coefficient (Wildman–Crippen LogP) is 3.58. The molecule has 0 aliphatic rings. The average molecular weight is 240 g/mol. The van der Waals surface area contributed by atoms with E-state index in [0.717, 1.165) is 22.5 Å². The van der Waals surface area contributed by atoms with Gasteiger partial charge in [-0.1, -0.05) is 18.2 Å². The van der Waals surface area contributed by atoms with Gasteiger partial charge in [0.25, 0.3) is 6.01 Å². The molecule has 0 bridgehead atoms. The van der Waals surface area contributed by atoms with Gasteiger partial charge in [0.05, 0.1) is 7.11 Å². The second-order valence-corrected chi connectivity index (χ2v) is 3.84. The molecule has 18 heavy (non-hydrogen) atoms. The number of rotatable bonds is 3. The molecule has 2 aromatic carbocycles. The quantitative estimate of drug-likeness (QED) is 0.760. The lowest BCUT2D eigenvalue weighted by Crippen LogP contribution is -1.91. The number of hydrogen-bond acceptors (Lipinski definition) is 4. The Labute approximate surface area is 104 Å². The minimum Gasteiger partial charge on any atom is -0.497 e. The van der Waals surface area contributed by atoms with E-state index in [2.05, 4.69) is 10.3 Å². The fourth-order valence-corrected chi connectivity index (χ4v) is 1.75. The third-order valence-electron chi connectivity index (χ3n) is 2.61. The van der Waals surface area contributed by atoms with Crippen LogP contribution in [-0.2, 0) is 0 Å². The molecule has 0 unspecified atom stereocenters. The van der Waals surface area contributed by atoms with Gasteiger partial charge >= 0.3 is 0 Å². The number of benzene rings is 2. The maximum absolute atomic E-state index is 5.58. The number of hydrogen-bond donors (Lipinski definition) is 1. The highest BCUT2D eigenvalue weighted by atomic mass is 16.5. The molecule has 4 heteroatoms. The highest BCUT2D eigenvalue weighted by molar-refractivity contribution is 5.75. The predicted molar refractivity (Wildman–Crippen MR) is 70.3 cm³/mol. The first-order chi connectivity index (χ1) is 8.85.